The van der Waals surface area contributed by atoms with E-state index in [9.17, 15) is 0 Å². The van der Waals surface area contributed by atoms with Crippen LogP contribution in [0.4, 0.5) is 0 Å². The van der Waals surface area contributed by atoms with Crippen molar-refractivity contribution in [2.75, 3.05) is 19.7 Å². The maximum atomic E-state index is 6.17. The molecule has 0 radical (unpaired) electrons. The van der Waals surface area contributed by atoms with E-state index in [0.717, 1.165) is 76.6 Å². The van der Waals surface area contributed by atoms with E-state index in [1.54, 1.807) is 0 Å². The van der Waals surface area contributed by atoms with Crippen LogP contribution < -0.4 is 21.3 Å². The van der Waals surface area contributed by atoms with Gasteiger partial charge in [-0.1, -0.05) is 33.6 Å². The lowest BCUT2D eigenvalue weighted by molar-refractivity contribution is -0.283. The Hall–Kier alpha value is -1.38. The molecule has 0 saturated carbocycles. The topological polar surface area (TPSA) is 85.3 Å². The van der Waals surface area contributed by atoms with Crippen molar-refractivity contribution >= 4 is 11.9 Å². The van der Waals surface area contributed by atoms with Crippen LogP contribution in [0.3, 0.4) is 0 Å². The molecule has 0 amide bonds. The van der Waals surface area contributed by atoms with Gasteiger partial charge in [-0.05, 0) is 66.3 Å². The molecule has 2 aliphatic rings. The van der Waals surface area contributed by atoms with Crippen LogP contribution in [-0.4, -0.2) is 60.1 Å². The number of nitrogens with zero attached hydrogens (tertiary/aromatic N) is 3. The van der Waals surface area contributed by atoms with Gasteiger partial charge in [-0.3, -0.25) is 20.5 Å². The minimum absolute atomic E-state index is 0.0705. The minimum Gasteiger partial charge on any atom is -0.353 e. The van der Waals surface area contributed by atoms with Gasteiger partial charge in [0.15, 0.2) is 6.29 Å². The second-order valence-corrected chi connectivity index (χ2v) is 10.0. The molecule has 0 spiro atoms. The van der Waals surface area contributed by atoms with Crippen LogP contribution in [0.2, 0.25) is 0 Å². The van der Waals surface area contributed by atoms with E-state index < -0.39 is 0 Å². The molecule has 1 atom stereocenters. The predicted molar refractivity (Wildman–Crippen MR) is 130 cm³/mol. The van der Waals surface area contributed by atoms with Gasteiger partial charge in [-0.15, -0.1) is 0 Å². The zero-order chi connectivity index (χ0) is 22.9. The first-order valence-corrected chi connectivity index (χ1v) is 12.3. The first-order valence-electron chi connectivity index (χ1n) is 12.3. The smallest absolute Gasteiger partial charge is 0.201 e. The summed E-state index contributed by atoms with van der Waals surface area (Å²) in [6.07, 6.45) is 7.32. The van der Waals surface area contributed by atoms with Crippen LogP contribution in [0.25, 0.3) is 0 Å². The number of unbranched alkanes of at least 4 members (excludes halogenated alkanes) is 2. The second kappa shape index (κ2) is 12.0. The van der Waals surface area contributed by atoms with Crippen LogP contribution in [0.15, 0.2) is 9.98 Å². The summed E-state index contributed by atoms with van der Waals surface area (Å²) in [5.41, 5.74) is -0.141. The molecule has 0 bridgehead atoms. The Labute approximate surface area is 190 Å². The third-order valence-electron chi connectivity index (χ3n) is 5.77. The Morgan fingerprint density at radius 3 is 2.35 bits per heavy atom. The van der Waals surface area contributed by atoms with Crippen molar-refractivity contribution < 1.29 is 4.84 Å². The molecule has 180 valence electrons. The zero-order valence-corrected chi connectivity index (χ0v) is 21.0. The van der Waals surface area contributed by atoms with E-state index in [2.05, 4.69) is 74.8 Å². The first kappa shape index (κ1) is 25.9. The Bertz CT molecular complexity index is 585. The fraction of sp³-hybridized carbons (Fsp3) is 0.913. The molecule has 0 aromatic rings. The average Bonchev–Trinajstić information content (AvgIpc) is 2.66. The van der Waals surface area contributed by atoms with Crippen molar-refractivity contribution in [2.45, 2.75) is 117 Å². The number of hydrogen-bond acceptors (Lipinski definition) is 6. The molecule has 1 fully saturated rings. The lowest BCUT2D eigenvalue weighted by Gasteiger charge is -2.54. The second-order valence-electron chi connectivity index (χ2n) is 10.0. The Kier molecular flexibility index (Phi) is 10.0. The van der Waals surface area contributed by atoms with E-state index in [1.807, 2.05) is 0 Å². The number of guanidine groups is 2. The summed E-state index contributed by atoms with van der Waals surface area (Å²) in [4.78, 5) is 15.7. The molecule has 0 aromatic heterocycles. The van der Waals surface area contributed by atoms with Gasteiger partial charge in [0.25, 0.3) is 0 Å². The summed E-state index contributed by atoms with van der Waals surface area (Å²) >= 11 is 0. The van der Waals surface area contributed by atoms with E-state index in [-0.39, 0.29) is 17.4 Å². The molecule has 2 rings (SSSR count). The van der Waals surface area contributed by atoms with Crippen molar-refractivity contribution in [3.05, 3.63) is 0 Å². The molecule has 2 heterocycles. The average molecular weight is 438 g/mol. The van der Waals surface area contributed by atoms with Crippen molar-refractivity contribution in [3.8, 4) is 0 Å². The summed E-state index contributed by atoms with van der Waals surface area (Å²) < 4.78 is 0. The number of hydrogen-bond donors (Lipinski definition) is 4. The lowest BCUT2D eigenvalue weighted by atomic mass is 9.79. The van der Waals surface area contributed by atoms with Crippen molar-refractivity contribution in [2.24, 2.45) is 9.98 Å². The highest BCUT2D eigenvalue weighted by Crippen LogP contribution is 2.38. The molecular formula is C23H47N7O. The third kappa shape index (κ3) is 7.91. The fourth-order valence-corrected chi connectivity index (χ4v) is 4.58. The van der Waals surface area contributed by atoms with Gasteiger partial charge in [0, 0.05) is 23.7 Å². The molecule has 1 saturated heterocycles. The fourth-order valence-electron chi connectivity index (χ4n) is 4.58. The standard InChI is InChI=1S/C23H47N7O/c1-8-11-13-24-19-27-20(25-14-12-9-2)29-21(28-19)26-18-16-22(4,5)30(31-15-10-3)23(6,7)17-18/h18-19,24H,8-17H2,1-7H3,(H3,25,26,27,28,29). The highest BCUT2D eigenvalue weighted by molar-refractivity contribution is 6.00. The Morgan fingerprint density at radius 2 is 1.74 bits per heavy atom. The van der Waals surface area contributed by atoms with Gasteiger partial charge < -0.3 is 10.6 Å². The monoisotopic (exact) mass is 437 g/mol. The number of aliphatic imine (C=N–C) groups is 2. The highest BCUT2D eigenvalue weighted by Gasteiger charge is 2.46. The van der Waals surface area contributed by atoms with Gasteiger partial charge >= 0.3 is 0 Å². The quantitative estimate of drug-likeness (QED) is 0.371. The van der Waals surface area contributed by atoms with Gasteiger partial charge in [0.2, 0.25) is 11.9 Å². The third-order valence-corrected chi connectivity index (χ3v) is 5.77. The summed E-state index contributed by atoms with van der Waals surface area (Å²) in [5, 5.41) is 16.1. The number of piperidine rings is 1. The molecular weight excluding hydrogens is 390 g/mol. The maximum Gasteiger partial charge on any atom is 0.201 e. The molecule has 0 aromatic carbocycles. The van der Waals surface area contributed by atoms with Crippen LogP contribution in [0, 0.1) is 0 Å². The van der Waals surface area contributed by atoms with Crippen LogP contribution in [0.1, 0.15) is 93.4 Å². The first-order chi connectivity index (χ1) is 14.7. The molecule has 8 nitrogen and oxygen atoms in total. The van der Waals surface area contributed by atoms with E-state index >= 15 is 0 Å². The lowest BCUT2D eigenvalue weighted by Crippen LogP contribution is -2.66. The SMILES string of the molecule is CCCCN=C1NC(NC2CC(C)(C)N(OCCC)C(C)(C)C2)=NC(NCCCC)N1. The van der Waals surface area contributed by atoms with E-state index in [1.165, 1.54) is 0 Å². The van der Waals surface area contributed by atoms with Gasteiger partial charge in [-0.2, -0.15) is 5.06 Å². The van der Waals surface area contributed by atoms with Crippen molar-refractivity contribution in [1.29, 1.82) is 0 Å². The highest BCUT2D eigenvalue weighted by atomic mass is 16.7. The van der Waals surface area contributed by atoms with Gasteiger partial charge in [0.1, 0.15) is 0 Å². The number of hydroxylamine groups is 2. The van der Waals surface area contributed by atoms with Crippen molar-refractivity contribution in [1.82, 2.24) is 26.3 Å². The normalized spacial score (nSPS) is 25.1. The summed E-state index contributed by atoms with van der Waals surface area (Å²) in [6, 6.07) is 0.295. The largest absolute Gasteiger partial charge is 0.353 e. The van der Waals surface area contributed by atoms with E-state index in [4.69, 9.17) is 14.8 Å². The van der Waals surface area contributed by atoms with Crippen LogP contribution >= 0.6 is 0 Å². The number of nitrogens with one attached hydrogen (secondary N) is 4. The predicted octanol–water partition coefficient (Wildman–Crippen LogP) is 3.32. The minimum atomic E-state index is -0.162. The van der Waals surface area contributed by atoms with Crippen LogP contribution in [0.5, 0.6) is 0 Å². The molecule has 4 N–H and O–H groups in total. The zero-order valence-electron chi connectivity index (χ0n) is 21.0. The Balaban J connectivity index is 2.09. The van der Waals surface area contributed by atoms with Crippen LogP contribution in [-0.2, 0) is 4.84 Å². The summed E-state index contributed by atoms with van der Waals surface area (Å²) in [5.74, 6) is 1.59. The molecule has 2 aliphatic heterocycles. The maximum absolute atomic E-state index is 6.17. The number of rotatable bonds is 11. The molecule has 0 aliphatic carbocycles. The van der Waals surface area contributed by atoms with Crippen molar-refractivity contribution in [3.63, 3.8) is 0 Å². The van der Waals surface area contributed by atoms with E-state index in [0.29, 0.717) is 6.04 Å². The van der Waals surface area contributed by atoms with Gasteiger partial charge in [0.05, 0.1) is 6.61 Å². The molecule has 31 heavy (non-hydrogen) atoms. The molecule has 1 unspecified atom stereocenters. The molecule has 8 heteroatoms. The van der Waals surface area contributed by atoms with Gasteiger partial charge in [-0.25, -0.2) is 4.99 Å². The Morgan fingerprint density at radius 1 is 1.06 bits per heavy atom. The summed E-state index contributed by atoms with van der Waals surface area (Å²) in [7, 11) is 0. The summed E-state index contributed by atoms with van der Waals surface area (Å²) in [6.45, 7) is 18.1.